The monoisotopic (exact) mass is 264 g/mol. The Bertz CT molecular complexity index is 517. The lowest BCUT2D eigenvalue weighted by molar-refractivity contribution is 0.0546. The van der Waals surface area contributed by atoms with Gasteiger partial charge < -0.3 is 9.67 Å². The molecule has 0 bridgehead atoms. The molecule has 0 spiro atoms. The molecule has 2 rings (SSSR count). The summed E-state index contributed by atoms with van der Waals surface area (Å²) in [5.74, 6) is 0.887. The average molecular weight is 265 g/mol. The van der Waals surface area contributed by atoms with Crippen LogP contribution in [0.5, 0.6) is 0 Å². The Kier molecular flexibility index (Phi) is 3.73. The van der Waals surface area contributed by atoms with Crippen LogP contribution in [0.15, 0.2) is 36.7 Å². The van der Waals surface area contributed by atoms with Crippen molar-refractivity contribution in [2.24, 2.45) is 0 Å². The zero-order valence-electron chi connectivity index (χ0n) is 10.6. The lowest BCUT2D eigenvalue weighted by Crippen LogP contribution is -2.26. The predicted molar refractivity (Wildman–Crippen MR) is 72.6 cm³/mol. The largest absolute Gasteiger partial charge is 0.385 e. The van der Waals surface area contributed by atoms with Crippen LogP contribution >= 0.6 is 11.6 Å². The van der Waals surface area contributed by atoms with Gasteiger partial charge in [-0.15, -0.1) is 0 Å². The number of imidazole rings is 1. The van der Waals surface area contributed by atoms with Gasteiger partial charge >= 0.3 is 0 Å². The molecule has 0 saturated heterocycles. The number of nitrogens with zero attached hydrogens (tertiary/aromatic N) is 2. The van der Waals surface area contributed by atoms with Gasteiger partial charge in [-0.05, 0) is 31.5 Å². The van der Waals surface area contributed by atoms with E-state index in [0.717, 1.165) is 17.9 Å². The van der Waals surface area contributed by atoms with Crippen LogP contribution in [0.4, 0.5) is 0 Å². The van der Waals surface area contributed by atoms with Gasteiger partial charge in [-0.1, -0.05) is 23.7 Å². The third-order valence-electron chi connectivity index (χ3n) is 3.11. The number of aryl methyl sites for hydroxylation is 1. The standard InChI is InChI=1S/C14H17ClN2O/c1-3-17-9-8-16-13(17)10-14(2,18)11-4-6-12(15)7-5-11/h4-9,18H,3,10H2,1-2H3. The topological polar surface area (TPSA) is 38.0 Å². The van der Waals surface area contributed by atoms with Crippen LogP contribution in [0.2, 0.25) is 5.02 Å². The highest BCUT2D eigenvalue weighted by Crippen LogP contribution is 2.25. The molecule has 0 fully saturated rings. The van der Waals surface area contributed by atoms with E-state index in [-0.39, 0.29) is 0 Å². The lowest BCUT2D eigenvalue weighted by Gasteiger charge is -2.24. The lowest BCUT2D eigenvalue weighted by atomic mass is 9.92. The molecule has 0 aliphatic rings. The molecule has 0 amide bonds. The molecule has 1 aromatic carbocycles. The van der Waals surface area contributed by atoms with Crippen molar-refractivity contribution in [3.05, 3.63) is 53.1 Å². The van der Waals surface area contributed by atoms with Crippen molar-refractivity contribution in [2.75, 3.05) is 0 Å². The van der Waals surface area contributed by atoms with Crippen LogP contribution in [-0.4, -0.2) is 14.7 Å². The molecule has 96 valence electrons. The summed E-state index contributed by atoms with van der Waals surface area (Å²) in [6.45, 7) is 4.71. The smallest absolute Gasteiger partial charge is 0.111 e. The Morgan fingerprint density at radius 2 is 2.00 bits per heavy atom. The molecule has 1 heterocycles. The van der Waals surface area contributed by atoms with Gasteiger partial charge in [0.25, 0.3) is 0 Å². The summed E-state index contributed by atoms with van der Waals surface area (Å²) in [6.07, 6.45) is 4.17. The fraction of sp³-hybridized carbons (Fsp3) is 0.357. The van der Waals surface area contributed by atoms with E-state index >= 15 is 0 Å². The summed E-state index contributed by atoms with van der Waals surface area (Å²) in [5, 5.41) is 11.2. The zero-order valence-corrected chi connectivity index (χ0v) is 11.4. The number of hydrogen-bond donors (Lipinski definition) is 1. The Morgan fingerprint density at radius 3 is 2.61 bits per heavy atom. The van der Waals surface area contributed by atoms with E-state index in [1.807, 2.05) is 22.9 Å². The summed E-state index contributed by atoms with van der Waals surface area (Å²) >= 11 is 5.85. The summed E-state index contributed by atoms with van der Waals surface area (Å²) < 4.78 is 2.03. The van der Waals surface area contributed by atoms with Gasteiger partial charge in [-0.2, -0.15) is 0 Å². The van der Waals surface area contributed by atoms with Crippen molar-refractivity contribution in [3.8, 4) is 0 Å². The highest BCUT2D eigenvalue weighted by Gasteiger charge is 2.25. The summed E-state index contributed by atoms with van der Waals surface area (Å²) in [6, 6.07) is 7.28. The van der Waals surface area contributed by atoms with Crippen molar-refractivity contribution in [1.82, 2.24) is 9.55 Å². The highest BCUT2D eigenvalue weighted by molar-refractivity contribution is 6.30. The second-order valence-corrected chi connectivity index (χ2v) is 5.02. The normalized spacial score (nSPS) is 14.4. The molecule has 0 radical (unpaired) electrons. The molecule has 1 N–H and O–H groups in total. The van der Waals surface area contributed by atoms with Gasteiger partial charge in [0.15, 0.2) is 0 Å². The van der Waals surface area contributed by atoms with Gasteiger partial charge in [0.1, 0.15) is 5.82 Å². The van der Waals surface area contributed by atoms with E-state index in [4.69, 9.17) is 11.6 Å². The zero-order chi connectivity index (χ0) is 13.2. The molecule has 3 nitrogen and oxygen atoms in total. The highest BCUT2D eigenvalue weighted by atomic mass is 35.5. The predicted octanol–water partition coefficient (Wildman–Crippen LogP) is 3.01. The maximum Gasteiger partial charge on any atom is 0.111 e. The van der Waals surface area contributed by atoms with Gasteiger partial charge in [-0.25, -0.2) is 4.98 Å². The van der Waals surface area contributed by atoms with Gasteiger partial charge in [0, 0.05) is 30.4 Å². The quantitative estimate of drug-likeness (QED) is 0.922. The average Bonchev–Trinajstić information content (AvgIpc) is 2.76. The van der Waals surface area contributed by atoms with Crippen LogP contribution in [0.25, 0.3) is 0 Å². The van der Waals surface area contributed by atoms with E-state index < -0.39 is 5.60 Å². The first-order valence-corrected chi connectivity index (χ1v) is 6.39. The minimum absolute atomic E-state index is 0.482. The van der Waals surface area contributed by atoms with Crippen LogP contribution in [0.1, 0.15) is 25.2 Å². The van der Waals surface area contributed by atoms with E-state index in [1.165, 1.54) is 0 Å². The van der Waals surface area contributed by atoms with E-state index in [2.05, 4.69) is 11.9 Å². The molecule has 0 saturated carbocycles. The number of aliphatic hydroxyl groups is 1. The minimum Gasteiger partial charge on any atom is -0.385 e. The minimum atomic E-state index is -0.942. The molecule has 1 unspecified atom stereocenters. The number of benzene rings is 1. The number of rotatable bonds is 4. The van der Waals surface area contributed by atoms with Crippen LogP contribution < -0.4 is 0 Å². The fourth-order valence-corrected chi connectivity index (χ4v) is 2.14. The third kappa shape index (κ3) is 2.74. The van der Waals surface area contributed by atoms with Crippen LogP contribution in [0, 0.1) is 0 Å². The van der Waals surface area contributed by atoms with Gasteiger partial charge in [0.05, 0.1) is 5.60 Å². The number of halogens is 1. The Morgan fingerprint density at radius 1 is 1.33 bits per heavy atom. The first-order valence-electron chi connectivity index (χ1n) is 6.01. The maximum absolute atomic E-state index is 10.6. The first kappa shape index (κ1) is 13.1. The Balaban J connectivity index is 2.23. The summed E-state index contributed by atoms with van der Waals surface area (Å²) in [7, 11) is 0. The Hall–Kier alpha value is -1.32. The molecule has 0 aliphatic carbocycles. The van der Waals surface area contributed by atoms with Gasteiger partial charge in [-0.3, -0.25) is 0 Å². The Labute approximate surface area is 112 Å². The molecular weight excluding hydrogens is 248 g/mol. The maximum atomic E-state index is 10.6. The molecule has 1 aromatic heterocycles. The van der Waals surface area contributed by atoms with Crippen molar-refractivity contribution < 1.29 is 5.11 Å². The molecule has 18 heavy (non-hydrogen) atoms. The van der Waals surface area contributed by atoms with Crippen molar-refractivity contribution >= 4 is 11.6 Å². The SMILES string of the molecule is CCn1ccnc1CC(C)(O)c1ccc(Cl)cc1. The third-order valence-corrected chi connectivity index (χ3v) is 3.36. The second kappa shape index (κ2) is 5.12. The molecule has 2 aromatic rings. The molecule has 1 atom stereocenters. The van der Waals surface area contributed by atoms with E-state index in [9.17, 15) is 5.11 Å². The van der Waals surface area contributed by atoms with E-state index in [1.54, 1.807) is 25.3 Å². The number of aromatic nitrogens is 2. The first-order chi connectivity index (χ1) is 8.53. The van der Waals surface area contributed by atoms with Crippen molar-refractivity contribution in [1.29, 1.82) is 0 Å². The second-order valence-electron chi connectivity index (χ2n) is 4.59. The van der Waals surface area contributed by atoms with Crippen molar-refractivity contribution in [2.45, 2.75) is 32.4 Å². The van der Waals surface area contributed by atoms with Crippen molar-refractivity contribution in [3.63, 3.8) is 0 Å². The van der Waals surface area contributed by atoms with Gasteiger partial charge in [0.2, 0.25) is 0 Å². The summed E-state index contributed by atoms with van der Waals surface area (Å²) in [5.41, 5.74) is -0.0966. The number of hydrogen-bond acceptors (Lipinski definition) is 2. The van der Waals surface area contributed by atoms with Crippen LogP contribution in [-0.2, 0) is 18.6 Å². The molecule has 4 heteroatoms. The van der Waals surface area contributed by atoms with Crippen LogP contribution in [0.3, 0.4) is 0 Å². The molecular formula is C14H17ClN2O. The summed E-state index contributed by atoms with van der Waals surface area (Å²) in [4.78, 5) is 4.29. The van der Waals surface area contributed by atoms with E-state index in [0.29, 0.717) is 11.4 Å². The fourth-order valence-electron chi connectivity index (χ4n) is 2.01. The molecule has 0 aliphatic heterocycles.